The number of carbonyl (C=O) groups excluding carboxylic acids is 1. The Morgan fingerprint density at radius 3 is 2.81 bits per heavy atom. The molecule has 0 saturated carbocycles. The topological polar surface area (TPSA) is 96.5 Å². The lowest BCUT2D eigenvalue weighted by atomic mass is 10.3. The fourth-order valence-electron chi connectivity index (χ4n) is 1.16. The van der Waals surface area contributed by atoms with Gasteiger partial charge in [0, 0.05) is 7.11 Å². The first-order chi connectivity index (χ1) is 7.61. The zero-order valence-electron chi connectivity index (χ0n) is 8.87. The summed E-state index contributed by atoms with van der Waals surface area (Å²) in [7, 11) is 2.63. The van der Waals surface area contributed by atoms with Gasteiger partial charge in [0.05, 0.1) is 25.2 Å². The van der Waals surface area contributed by atoms with Gasteiger partial charge in [0.15, 0.2) is 0 Å². The summed E-state index contributed by atoms with van der Waals surface area (Å²) < 4.78 is 10.5. The Bertz CT molecular complexity index is 400. The number of rotatable bonds is 5. The smallest absolute Gasteiger partial charge is 0.363 e. The van der Waals surface area contributed by atoms with E-state index in [0.717, 1.165) is 13.3 Å². The van der Waals surface area contributed by atoms with E-state index in [2.05, 4.69) is 9.84 Å². The largest absolute Gasteiger partial charge is 0.464 e. The second-order valence-electron chi connectivity index (χ2n) is 2.84. The minimum Gasteiger partial charge on any atom is -0.464 e. The van der Waals surface area contributed by atoms with E-state index >= 15 is 0 Å². The van der Waals surface area contributed by atoms with Gasteiger partial charge < -0.3 is 9.47 Å². The number of nitrogens with zero attached hydrogens (tertiary/aromatic N) is 3. The molecule has 0 aliphatic carbocycles. The molecule has 0 saturated heterocycles. The van der Waals surface area contributed by atoms with Gasteiger partial charge in [-0.1, -0.05) is 0 Å². The van der Waals surface area contributed by atoms with Crippen LogP contribution in [-0.4, -0.2) is 41.5 Å². The first-order valence-corrected chi connectivity index (χ1v) is 4.39. The molecule has 0 spiro atoms. The van der Waals surface area contributed by atoms with E-state index in [4.69, 9.17) is 4.74 Å². The molecule has 16 heavy (non-hydrogen) atoms. The molecular formula is C8H11N3O5. The van der Waals surface area contributed by atoms with Gasteiger partial charge >= 0.3 is 11.7 Å². The normalized spacial score (nSPS) is 10.1. The van der Waals surface area contributed by atoms with Crippen LogP contribution in [0.3, 0.4) is 0 Å². The Balaban J connectivity index is 3.09. The number of nitro groups is 1. The third kappa shape index (κ3) is 2.34. The summed E-state index contributed by atoms with van der Waals surface area (Å²) in [6.07, 6.45) is 1.02. The molecular weight excluding hydrogens is 218 g/mol. The van der Waals surface area contributed by atoms with Crippen LogP contribution in [-0.2, 0) is 16.0 Å². The molecule has 8 nitrogen and oxygen atoms in total. The van der Waals surface area contributed by atoms with Crippen LogP contribution in [0.2, 0.25) is 0 Å². The first-order valence-electron chi connectivity index (χ1n) is 4.39. The minimum absolute atomic E-state index is 0.176. The molecule has 0 aromatic carbocycles. The zero-order valence-corrected chi connectivity index (χ0v) is 8.87. The van der Waals surface area contributed by atoms with E-state index in [1.54, 1.807) is 0 Å². The minimum atomic E-state index is -0.791. The Morgan fingerprint density at radius 1 is 1.62 bits per heavy atom. The Morgan fingerprint density at radius 2 is 2.31 bits per heavy atom. The van der Waals surface area contributed by atoms with Crippen LogP contribution in [0, 0.1) is 10.1 Å². The monoisotopic (exact) mass is 229 g/mol. The maximum Gasteiger partial charge on any atom is 0.363 e. The fourth-order valence-corrected chi connectivity index (χ4v) is 1.16. The van der Waals surface area contributed by atoms with Crippen molar-refractivity contribution in [2.24, 2.45) is 0 Å². The molecule has 1 rings (SSSR count). The molecule has 0 aliphatic heterocycles. The first kappa shape index (κ1) is 12.1. The SMILES string of the molecule is COCCn1ncc([N+](=O)[O-])c1C(=O)OC. The Labute approximate surface area is 90.9 Å². The van der Waals surface area contributed by atoms with E-state index in [0.29, 0.717) is 6.61 Å². The van der Waals surface area contributed by atoms with Crippen molar-refractivity contribution in [3.63, 3.8) is 0 Å². The van der Waals surface area contributed by atoms with Gasteiger partial charge in [-0.15, -0.1) is 0 Å². The van der Waals surface area contributed by atoms with E-state index in [9.17, 15) is 14.9 Å². The number of ether oxygens (including phenoxy) is 2. The molecule has 1 aromatic rings. The number of aromatic nitrogens is 2. The third-order valence-electron chi connectivity index (χ3n) is 1.90. The molecule has 88 valence electrons. The second kappa shape index (κ2) is 5.21. The van der Waals surface area contributed by atoms with Crippen molar-refractivity contribution in [2.45, 2.75) is 6.54 Å². The van der Waals surface area contributed by atoms with Crippen LogP contribution in [0.5, 0.6) is 0 Å². The molecule has 0 atom stereocenters. The van der Waals surface area contributed by atoms with Crippen LogP contribution < -0.4 is 0 Å². The summed E-state index contributed by atoms with van der Waals surface area (Å²) in [5.74, 6) is -0.791. The zero-order chi connectivity index (χ0) is 12.1. The summed E-state index contributed by atoms with van der Waals surface area (Å²) in [6, 6.07) is 0. The summed E-state index contributed by atoms with van der Waals surface area (Å²) in [4.78, 5) is 21.3. The molecule has 0 radical (unpaired) electrons. The molecule has 0 bridgehead atoms. The lowest BCUT2D eigenvalue weighted by Crippen LogP contribution is -2.15. The van der Waals surface area contributed by atoms with Crippen LogP contribution in [0.15, 0.2) is 6.20 Å². The molecule has 0 unspecified atom stereocenters. The van der Waals surface area contributed by atoms with Crippen molar-refractivity contribution >= 4 is 11.7 Å². The van der Waals surface area contributed by atoms with Gasteiger partial charge in [0.1, 0.15) is 6.20 Å². The van der Waals surface area contributed by atoms with Gasteiger partial charge in [0.2, 0.25) is 5.69 Å². The predicted molar refractivity (Wildman–Crippen MR) is 52.1 cm³/mol. The highest BCUT2D eigenvalue weighted by atomic mass is 16.6. The maximum absolute atomic E-state index is 11.4. The van der Waals surface area contributed by atoms with Gasteiger partial charge in [-0.25, -0.2) is 9.48 Å². The quantitative estimate of drug-likeness (QED) is 0.407. The van der Waals surface area contributed by atoms with Crippen molar-refractivity contribution in [3.05, 3.63) is 22.0 Å². The molecule has 0 amide bonds. The number of hydrogen-bond donors (Lipinski definition) is 0. The summed E-state index contributed by atoms with van der Waals surface area (Å²) in [5, 5.41) is 14.4. The highest BCUT2D eigenvalue weighted by Gasteiger charge is 2.27. The van der Waals surface area contributed by atoms with Crippen molar-refractivity contribution in [1.82, 2.24) is 9.78 Å². The lowest BCUT2D eigenvalue weighted by Gasteiger charge is -2.04. The van der Waals surface area contributed by atoms with Gasteiger partial charge in [-0.05, 0) is 0 Å². The third-order valence-corrected chi connectivity index (χ3v) is 1.90. The molecule has 8 heteroatoms. The van der Waals surface area contributed by atoms with Crippen LogP contribution in [0.25, 0.3) is 0 Å². The van der Waals surface area contributed by atoms with Crippen LogP contribution in [0.1, 0.15) is 10.5 Å². The Kier molecular flexibility index (Phi) is 3.95. The molecule has 1 heterocycles. The molecule has 0 aliphatic rings. The van der Waals surface area contributed by atoms with Crippen LogP contribution in [0.4, 0.5) is 5.69 Å². The summed E-state index contributed by atoms with van der Waals surface area (Å²) in [5.41, 5.74) is -0.549. The Hall–Kier alpha value is -1.96. The average Bonchev–Trinajstić information content (AvgIpc) is 2.69. The summed E-state index contributed by atoms with van der Waals surface area (Å²) in [6.45, 7) is 0.539. The van der Waals surface area contributed by atoms with Crippen molar-refractivity contribution < 1.29 is 19.2 Å². The maximum atomic E-state index is 11.4. The highest BCUT2D eigenvalue weighted by Crippen LogP contribution is 2.18. The number of methoxy groups -OCH3 is 2. The van der Waals surface area contributed by atoms with E-state index in [1.165, 1.54) is 11.8 Å². The number of hydrogen-bond acceptors (Lipinski definition) is 6. The predicted octanol–water partition coefficient (Wildman–Crippen LogP) is 0.224. The lowest BCUT2D eigenvalue weighted by molar-refractivity contribution is -0.385. The number of esters is 1. The van der Waals surface area contributed by atoms with Gasteiger partial charge in [0.25, 0.3) is 0 Å². The van der Waals surface area contributed by atoms with E-state index in [-0.39, 0.29) is 17.9 Å². The molecule has 1 aromatic heterocycles. The molecule has 0 fully saturated rings. The second-order valence-corrected chi connectivity index (χ2v) is 2.84. The number of carbonyl (C=O) groups is 1. The fraction of sp³-hybridized carbons (Fsp3) is 0.500. The van der Waals surface area contributed by atoms with E-state index < -0.39 is 10.9 Å². The van der Waals surface area contributed by atoms with Crippen molar-refractivity contribution in [1.29, 1.82) is 0 Å². The van der Waals surface area contributed by atoms with Gasteiger partial charge in [-0.2, -0.15) is 5.10 Å². The standard InChI is InChI=1S/C8H11N3O5/c1-15-4-3-10-7(8(12)16-2)6(5-9-10)11(13)14/h5H,3-4H2,1-2H3. The van der Waals surface area contributed by atoms with E-state index in [1.807, 2.05) is 0 Å². The van der Waals surface area contributed by atoms with Gasteiger partial charge in [-0.3, -0.25) is 10.1 Å². The van der Waals surface area contributed by atoms with Crippen molar-refractivity contribution in [3.8, 4) is 0 Å². The van der Waals surface area contributed by atoms with Crippen LogP contribution >= 0.6 is 0 Å². The average molecular weight is 229 g/mol. The van der Waals surface area contributed by atoms with Crippen molar-refractivity contribution in [2.75, 3.05) is 20.8 Å². The summed E-state index contributed by atoms with van der Waals surface area (Å²) >= 11 is 0. The molecule has 0 N–H and O–H groups in total. The highest BCUT2D eigenvalue weighted by molar-refractivity contribution is 5.91.